The van der Waals surface area contributed by atoms with Crippen LogP contribution in [-0.4, -0.2) is 15.9 Å². The summed E-state index contributed by atoms with van der Waals surface area (Å²) in [5.41, 5.74) is 4.67. The fraction of sp³-hybridized carbons (Fsp3) is 0.150. The van der Waals surface area contributed by atoms with E-state index in [9.17, 15) is 4.79 Å². The van der Waals surface area contributed by atoms with Crippen molar-refractivity contribution < 1.29 is 4.79 Å². The molecule has 0 atom stereocenters. The molecule has 0 fully saturated rings. The van der Waals surface area contributed by atoms with Crippen LogP contribution < -0.4 is 10.6 Å². The molecule has 2 N–H and O–H groups in total. The first-order chi connectivity index (χ1) is 12.2. The number of carbonyl (C=O) groups is 1. The molecule has 0 aliphatic heterocycles. The van der Waals surface area contributed by atoms with Crippen molar-refractivity contribution >= 4 is 11.6 Å². The molecule has 25 heavy (non-hydrogen) atoms. The van der Waals surface area contributed by atoms with Crippen molar-refractivity contribution in [2.45, 2.75) is 20.0 Å². The number of nitrogens with one attached hydrogen (secondary N) is 2. The summed E-state index contributed by atoms with van der Waals surface area (Å²) in [6.45, 7) is 3.21. The van der Waals surface area contributed by atoms with Gasteiger partial charge in [0.25, 0.3) is 5.91 Å². The number of aromatic nitrogens is 2. The Hall–Kier alpha value is -3.21. The molecule has 0 radical (unpaired) electrons. The first kappa shape index (κ1) is 16.6. The molecule has 0 saturated carbocycles. The fourth-order valence-corrected chi connectivity index (χ4v) is 2.41. The average molecular weight is 332 g/mol. The van der Waals surface area contributed by atoms with Gasteiger partial charge < -0.3 is 10.6 Å². The van der Waals surface area contributed by atoms with Gasteiger partial charge in [-0.1, -0.05) is 24.3 Å². The number of nitrogens with zero attached hydrogens (tertiary/aromatic N) is 2. The van der Waals surface area contributed by atoms with Crippen molar-refractivity contribution in [3.63, 3.8) is 0 Å². The first-order valence-electron chi connectivity index (χ1n) is 8.14. The van der Waals surface area contributed by atoms with Crippen LogP contribution in [0.4, 0.5) is 5.69 Å². The van der Waals surface area contributed by atoms with Crippen LogP contribution >= 0.6 is 0 Å². The maximum atomic E-state index is 12.2. The van der Waals surface area contributed by atoms with Gasteiger partial charge in [0.2, 0.25) is 0 Å². The second kappa shape index (κ2) is 8.06. The van der Waals surface area contributed by atoms with E-state index >= 15 is 0 Å². The van der Waals surface area contributed by atoms with Gasteiger partial charge in [-0.3, -0.25) is 9.78 Å². The topological polar surface area (TPSA) is 66.9 Å². The minimum absolute atomic E-state index is 0.177. The molecule has 3 rings (SSSR count). The number of hydrogen-bond acceptors (Lipinski definition) is 4. The van der Waals surface area contributed by atoms with Gasteiger partial charge in [-0.05, 0) is 47.9 Å². The molecule has 0 aliphatic carbocycles. The van der Waals surface area contributed by atoms with E-state index in [1.54, 1.807) is 24.7 Å². The maximum Gasteiger partial charge on any atom is 0.270 e. The van der Waals surface area contributed by atoms with Crippen molar-refractivity contribution in [1.82, 2.24) is 15.3 Å². The van der Waals surface area contributed by atoms with E-state index in [1.807, 2.05) is 49.4 Å². The van der Waals surface area contributed by atoms with Crippen LogP contribution in [-0.2, 0) is 13.1 Å². The molecule has 2 aromatic heterocycles. The van der Waals surface area contributed by atoms with E-state index in [2.05, 4.69) is 20.6 Å². The predicted molar refractivity (Wildman–Crippen MR) is 98.1 cm³/mol. The Bertz CT molecular complexity index is 832. The highest BCUT2D eigenvalue weighted by Crippen LogP contribution is 2.10. The number of hydrogen-bond donors (Lipinski definition) is 2. The zero-order valence-electron chi connectivity index (χ0n) is 14.1. The summed E-state index contributed by atoms with van der Waals surface area (Å²) in [4.78, 5) is 20.4. The summed E-state index contributed by atoms with van der Waals surface area (Å²) in [5, 5.41) is 6.18. The van der Waals surface area contributed by atoms with Gasteiger partial charge in [0, 0.05) is 25.5 Å². The van der Waals surface area contributed by atoms with E-state index < -0.39 is 0 Å². The molecule has 0 spiro atoms. The SMILES string of the molecule is Cc1ccccc1CNC(=O)c1ccc(NCc2ccncc2)cn1. The third-order valence-corrected chi connectivity index (χ3v) is 3.94. The van der Waals surface area contributed by atoms with Crippen LogP contribution in [0.1, 0.15) is 27.2 Å². The van der Waals surface area contributed by atoms with Gasteiger partial charge in [-0.25, -0.2) is 4.98 Å². The molecule has 2 heterocycles. The van der Waals surface area contributed by atoms with E-state index in [4.69, 9.17) is 0 Å². The highest BCUT2D eigenvalue weighted by Gasteiger charge is 2.07. The van der Waals surface area contributed by atoms with Crippen LogP contribution in [0.3, 0.4) is 0 Å². The van der Waals surface area contributed by atoms with Crippen molar-refractivity contribution in [2.24, 2.45) is 0 Å². The molecule has 0 bridgehead atoms. The van der Waals surface area contributed by atoms with Gasteiger partial charge in [-0.15, -0.1) is 0 Å². The number of amides is 1. The Balaban J connectivity index is 1.54. The largest absolute Gasteiger partial charge is 0.380 e. The van der Waals surface area contributed by atoms with Crippen molar-refractivity contribution in [3.8, 4) is 0 Å². The number of carbonyl (C=O) groups excluding carboxylic acids is 1. The number of anilines is 1. The lowest BCUT2D eigenvalue weighted by Crippen LogP contribution is -2.24. The summed E-state index contributed by atoms with van der Waals surface area (Å²) in [5.74, 6) is -0.177. The minimum atomic E-state index is -0.177. The van der Waals surface area contributed by atoms with Gasteiger partial charge in [0.05, 0.1) is 11.9 Å². The second-order valence-corrected chi connectivity index (χ2v) is 5.75. The lowest BCUT2D eigenvalue weighted by molar-refractivity contribution is 0.0946. The van der Waals surface area contributed by atoms with Gasteiger partial charge in [-0.2, -0.15) is 0 Å². The van der Waals surface area contributed by atoms with E-state index in [1.165, 1.54) is 0 Å². The zero-order chi connectivity index (χ0) is 17.5. The number of pyridine rings is 2. The Labute approximate surface area is 147 Å². The summed E-state index contributed by atoms with van der Waals surface area (Å²) < 4.78 is 0. The fourth-order valence-electron chi connectivity index (χ4n) is 2.41. The van der Waals surface area contributed by atoms with Gasteiger partial charge in [0.15, 0.2) is 0 Å². The Morgan fingerprint density at radius 1 is 1.00 bits per heavy atom. The molecule has 5 heteroatoms. The second-order valence-electron chi connectivity index (χ2n) is 5.75. The van der Waals surface area contributed by atoms with Crippen LogP contribution in [0.15, 0.2) is 67.1 Å². The molecule has 1 amide bonds. The Morgan fingerprint density at radius 3 is 2.52 bits per heavy atom. The van der Waals surface area contributed by atoms with Crippen LogP contribution in [0, 0.1) is 6.92 Å². The minimum Gasteiger partial charge on any atom is -0.380 e. The van der Waals surface area contributed by atoms with Crippen molar-refractivity contribution in [1.29, 1.82) is 0 Å². The first-order valence-corrected chi connectivity index (χ1v) is 8.14. The smallest absolute Gasteiger partial charge is 0.270 e. The molecule has 0 aliphatic rings. The van der Waals surface area contributed by atoms with Crippen LogP contribution in [0.25, 0.3) is 0 Å². The Kier molecular flexibility index (Phi) is 5.36. The van der Waals surface area contributed by atoms with Crippen molar-refractivity contribution in [3.05, 3.63) is 89.5 Å². The number of benzene rings is 1. The van der Waals surface area contributed by atoms with E-state index in [0.29, 0.717) is 18.8 Å². The normalized spacial score (nSPS) is 10.3. The molecular weight excluding hydrogens is 312 g/mol. The van der Waals surface area contributed by atoms with Crippen LogP contribution in [0.5, 0.6) is 0 Å². The predicted octanol–water partition coefficient (Wildman–Crippen LogP) is 3.33. The maximum absolute atomic E-state index is 12.2. The molecular formula is C20H20N4O. The average Bonchev–Trinajstić information content (AvgIpc) is 2.67. The van der Waals surface area contributed by atoms with Crippen molar-refractivity contribution in [2.75, 3.05) is 5.32 Å². The van der Waals surface area contributed by atoms with E-state index in [-0.39, 0.29) is 5.91 Å². The lowest BCUT2D eigenvalue weighted by atomic mass is 10.1. The van der Waals surface area contributed by atoms with Crippen LogP contribution in [0.2, 0.25) is 0 Å². The molecule has 1 aromatic carbocycles. The monoisotopic (exact) mass is 332 g/mol. The summed E-state index contributed by atoms with van der Waals surface area (Å²) >= 11 is 0. The molecule has 126 valence electrons. The Morgan fingerprint density at radius 2 is 1.80 bits per heavy atom. The third kappa shape index (κ3) is 4.64. The highest BCUT2D eigenvalue weighted by atomic mass is 16.1. The van der Waals surface area contributed by atoms with Gasteiger partial charge >= 0.3 is 0 Å². The van der Waals surface area contributed by atoms with E-state index in [0.717, 1.165) is 22.4 Å². The molecule has 0 unspecified atom stereocenters. The number of rotatable bonds is 6. The van der Waals surface area contributed by atoms with Gasteiger partial charge in [0.1, 0.15) is 5.69 Å². The zero-order valence-corrected chi connectivity index (χ0v) is 14.1. The summed E-state index contributed by atoms with van der Waals surface area (Å²) in [6.07, 6.45) is 5.19. The number of aryl methyl sites for hydroxylation is 1. The summed E-state index contributed by atoms with van der Waals surface area (Å²) in [7, 11) is 0. The highest BCUT2D eigenvalue weighted by molar-refractivity contribution is 5.92. The third-order valence-electron chi connectivity index (χ3n) is 3.94. The quantitative estimate of drug-likeness (QED) is 0.726. The molecule has 0 saturated heterocycles. The molecule has 5 nitrogen and oxygen atoms in total. The molecule has 3 aromatic rings. The summed E-state index contributed by atoms with van der Waals surface area (Å²) in [6, 6.07) is 15.5. The lowest BCUT2D eigenvalue weighted by Gasteiger charge is -2.09. The standard InChI is InChI=1S/C20H20N4O/c1-15-4-2-3-5-17(15)13-24-20(25)19-7-6-18(14-23-19)22-12-16-8-10-21-11-9-16/h2-11,14,22H,12-13H2,1H3,(H,24,25).